The van der Waals surface area contributed by atoms with Gasteiger partial charge >= 0.3 is 0 Å². The lowest BCUT2D eigenvalue weighted by molar-refractivity contribution is 0.101. The lowest BCUT2D eigenvalue weighted by Crippen LogP contribution is -1.95. The van der Waals surface area contributed by atoms with E-state index < -0.39 is 0 Å². The standard InChI is InChI=1S/C17H18O3S/c1-12(19)15-7-8-17(16(9-15)20-2)21-11-14-5-3-13(10-18)4-6-14/h3-9,18H,10-11H2,1-2H3. The molecule has 0 spiro atoms. The van der Waals surface area contributed by atoms with E-state index in [0.717, 1.165) is 22.0 Å². The van der Waals surface area contributed by atoms with E-state index in [1.54, 1.807) is 31.9 Å². The first kappa shape index (κ1) is 15.6. The molecule has 0 atom stereocenters. The molecule has 0 saturated heterocycles. The van der Waals surface area contributed by atoms with Crippen LogP contribution in [-0.2, 0) is 12.4 Å². The van der Waals surface area contributed by atoms with Gasteiger partial charge in [-0.2, -0.15) is 0 Å². The molecule has 0 heterocycles. The van der Waals surface area contributed by atoms with Gasteiger partial charge < -0.3 is 9.84 Å². The number of ketones is 1. The van der Waals surface area contributed by atoms with Crippen molar-refractivity contribution in [2.75, 3.05) is 7.11 Å². The third kappa shape index (κ3) is 4.09. The molecule has 4 heteroatoms. The van der Waals surface area contributed by atoms with Gasteiger partial charge in [0.05, 0.1) is 13.7 Å². The number of Topliss-reactive ketones (excluding diaryl/α,β-unsaturated/α-hetero) is 1. The molecule has 0 bridgehead atoms. The first-order valence-electron chi connectivity index (χ1n) is 6.64. The first-order chi connectivity index (χ1) is 10.1. The number of rotatable bonds is 6. The smallest absolute Gasteiger partial charge is 0.159 e. The van der Waals surface area contributed by atoms with Crippen LogP contribution in [0.5, 0.6) is 5.75 Å². The van der Waals surface area contributed by atoms with E-state index in [0.29, 0.717) is 5.56 Å². The molecular formula is C17H18O3S. The summed E-state index contributed by atoms with van der Waals surface area (Å²) >= 11 is 1.66. The zero-order chi connectivity index (χ0) is 15.2. The number of carbonyl (C=O) groups excluding carboxylic acids is 1. The number of carbonyl (C=O) groups is 1. The Morgan fingerprint density at radius 1 is 1.14 bits per heavy atom. The second-order valence-corrected chi connectivity index (χ2v) is 5.70. The van der Waals surface area contributed by atoms with Crippen LogP contribution in [0.25, 0.3) is 0 Å². The van der Waals surface area contributed by atoms with Gasteiger partial charge in [-0.05, 0) is 30.2 Å². The Morgan fingerprint density at radius 3 is 2.38 bits per heavy atom. The summed E-state index contributed by atoms with van der Waals surface area (Å²) in [5.74, 6) is 1.56. The molecule has 2 rings (SSSR count). The van der Waals surface area contributed by atoms with Crippen LogP contribution >= 0.6 is 11.8 Å². The summed E-state index contributed by atoms with van der Waals surface area (Å²) in [7, 11) is 1.61. The van der Waals surface area contributed by atoms with E-state index >= 15 is 0 Å². The number of aliphatic hydroxyl groups excluding tert-OH is 1. The number of hydrogen-bond donors (Lipinski definition) is 1. The van der Waals surface area contributed by atoms with E-state index in [2.05, 4.69) is 0 Å². The highest BCUT2D eigenvalue weighted by Gasteiger charge is 2.08. The molecule has 0 amide bonds. The van der Waals surface area contributed by atoms with Crippen molar-refractivity contribution in [3.63, 3.8) is 0 Å². The fourth-order valence-corrected chi connectivity index (χ4v) is 2.87. The minimum Gasteiger partial charge on any atom is -0.496 e. The Balaban J connectivity index is 2.09. The molecule has 0 fully saturated rings. The quantitative estimate of drug-likeness (QED) is 0.653. The normalized spacial score (nSPS) is 10.4. The molecule has 0 unspecified atom stereocenters. The van der Waals surface area contributed by atoms with Crippen LogP contribution < -0.4 is 4.74 Å². The maximum Gasteiger partial charge on any atom is 0.159 e. The molecule has 0 aliphatic rings. The van der Waals surface area contributed by atoms with Gasteiger partial charge in [-0.3, -0.25) is 4.79 Å². The van der Waals surface area contributed by atoms with Crippen molar-refractivity contribution in [3.05, 3.63) is 59.2 Å². The molecule has 0 radical (unpaired) electrons. The minimum absolute atomic E-state index is 0.0319. The lowest BCUT2D eigenvalue weighted by Gasteiger charge is -2.09. The summed E-state index contributed by atoms with van der Waals surface area (Å²) in [4.78, 5) is 12.4. The number of thioether (sulfide) groups is 1. The number of hydrogen-bond acceptors (Lipinski definition) is 4. The summed E-state index contributed by atoms with van der Waals surface area (Å²) in [6.45, 7) is 1.61. The zero-order valence-electron chi connectivity index (χ0n) is 12.1. The molecule has 1 N–H and O–H groups in total. The van der Waals surface area contributed by atoms with Crippen LogP contribution in [0.3, 0.4) is 0 Å². The molecule has 0 saturated carbocycles. The van der Waals surface area contributed by atoms with Crippen molar-refractivity contribution < 1.29 is 14.6 Å². The Hall–Kier alpha value is -1.78. The molecule has 110 valence electrons. The van der Waals surface area contributed by atoms with E-state index in [-0.39, 0.29) is 12.4 Å². The Labute approximate surface area is 129 Å². The van der Waals surface area contributed by atoms with Crippen LogP contribution in [0.1, 0.15) is 28.4 Å². The Morgan fingerprint density at radius 2 is 1.81 bits per heavy atom. The largest absolute Gasteiger partial charge is 0.496 e. The zero-order valence-corrected chi connectivity index (χ0v) is 12.9. The number of methoxy groups -OCH3 is 1. The van der Waals surface area contributed by atoms with Crippen molar-refractivity contribution in [1.29, 1.82) is 0 Å². The second-order valence-electron chi connectivity index (χ2n) is 4.69. The summed E-state index contributed by atoms with van der Waals surface area (Å²) < 4.78 is 5.35. The van der Waals surface area contributed by atoms with Gasteiger partial charge in [0.25, 0.3) is 0 Å². The molecule has 0 aliphatic heterocycles. The van der Waals surface area contributed by atoms with Crippen molar-refractivity contribution in [1.82, 2.24) is 0 Å². The molecule has 2 aromatic carbocycles. The predicted molar refractivity (Wildman–Crippen MR) is 84.9 cm³/mol. The van der Waals surface area contributed by atoms with Crippen LogP contribution in [0.2, 0.25) is 0 Å². The molecule has 0 aliphatic carbocycles. The summed E-state index contributed by atoms with van der Waals surface area (Å²) in [6, 6.07) is 13.4. The third-order valence-corrected chi connectivity index (χ3v) is 4.30. The molecule has 2 aromatic rings. The highest BCUT2D eigenvalue weighted by atomic mass is 32.2. The maximum atomic E-state index is 11.4. The van der Waals surface area contributed by atoms with Gasteiger partial charge in [-0.1, -0.05) is 30.3 Å². The molecule has 21 heavy (non-hydrogen) atoms. The van der Waals surface area contributed by atoms with Crippen molar-refractivity contribution >= 4 is 17.5 Å². The average molecular weight is 302 g/mol. The van der Waals surface area contributed by atoms with E-state index in [1.807, 2.05) is 36.4 Å². The van der Waals surface area contributed by atoms with Gasteiger partial charge in [-0.15, -0.1) is 11.8 Å². The molecule has 3 nitrogen and oxygen atoms in total. The van der Waals surface area contributed by atoms with Gasteiger partial charge in [0.2, 0.25) is 0 Å². The second kappa shape index (κ2) is 7.29. The van der Waals surface area contributed by atoms with Crippen molar-refractivity contribution in [3.8, 4) is 5.75 Å². The number of ether oxygens (including phenoxy) is 1. The predicted octanol–water partition coefficient (Wildman–Crippen LogP) is 3.68. The first-order valence-corrected chi connectivity index (χ1v) is 7.63. The average Bonchev–Trinajstić information content (AvgIpc) is 2.53. The van der Waals surface area contributed by atoms with Crippen molar-refractivity contribution in [2.24, 2.45) is 0 Å². The summed E-state index contributed by atoms with van der Waals surface area (Å²) in [6.07, 6.45) is 0. The summed E-state index contributed by atoms with van der Waals surface area (Å²) in [5, 5.41) is 9.03. The van der Waals surface area contributed by atoms with Crippen LogP contribution in [0.15, 0.2) is 47.4 Å². The van der Waals surface area contributed by atoms with Gasteiger partial charge in [-0.25, -0.2) is 0 Å². The van der Waals surface area contributed by atoms with Crippen molar-refractivity contribution in [2.45, 2.75) is 24.2 Å². The fourth-order valence-electron chi connectivity index (χ4n) is 1.91. The van der Waals surface area contributed by atoms with Crippen LogP contribution in [0.4, 0.5) is 0 Å². The van der Waals surface area contributed by atoms with Crippen LogP contribution in [0, 0.1) is 0 Å². The Kier molecular flexibility index (Phi) is 5.42. The van der Waals surface area contributed by atoms with Gasteiger partial charge in [0.1, 0.15) is 5.75 Å². The monoisotopic (exact) mass is 302 g/mol. The maximum absolute atomic E-state index is 11.4. The van der Waals surface area contributed by atoms with Crippen LogP contribution in [-0.4, -0.2) is 18.0 Å². The Bertz CT molecular complexity index is 620. The molecular weight excluding hydrogens is 284 g/mol. The number of benzene rings is 2. The fraction of sp³-hybridized carbons (Fsp3) is 0.235. The highest BCUT2D eigenvalue weighted by molar-refractivity contribution is 7.98. The van der Waals surface area contributed by atoms with Gasteiger partial charge in [0.15, 0.2) is 5.78 Å². The minimum atomic E-state index is 0.0319. The topological polar surface area (TPSA) is 46.5 Å². The van der Waals surface area contributed by atoms with E-state index in [4.69, 9.17) is 9.84 Å². The van der Waals surface area contributed by atoms with Gasteiger partial charge in [0, 0.05) is 16.2 Å². The third-order valence-electron chi connectivity index (χ3n) is 3.17. The lowest BCUT2D eigenvalue weighted by atomic mass is 10.1. The summed E-state index contributed by atoms with van der Waals surface area (Å²) in [5.41, 5.74) is 2.74. The van der Waals surface area contributed by atoms with E-state index in [1.165, 1.54) is 5.56 Å². The number of aliphatic hydroxyl groups is 1. The van der Waals surface area contributed by atoms with E-state index in [9.17, 15) is 4.79 Å². The highest BCUT2D eigenvalue weighted by Crippen LogP contribution is 2.32. The molecule has 0 aromatic heterocycles. The SMILES string of the molecule is COc1cc(C(C)=O)ccc1SCc1ccc(CO)cc1.